The average Bonchev–Trinajstić information content (AvgIpc) is 1.99. The molecule has 0 aromatic heterocycles. The van der Waals surface area contributed by atoms with Gasteiger partial charge in [0.1, 0.15) is 6.10 Å². The van der Waals surface area contributed by atoms with Crippen molar-refractivity contribution in [1.29, 1.82) is 0 Å². The van der Waals surface area contributed by atoms with Gasteiger partial charge in [0.2, 0.25) is 0 Å². The maximum absolute atomic E-state index is 10.9. The third-order valence-corrected chi connectivity index (χ3v) is 2.67. The van der Waals surface area contributed by atoms with Gasteiger partial charge in [0.25, 0.3) is 0 Å². The zero-order valence-electron chi connectivity index (χ0n) is 9.26. The first-order valence-corrected chi connectivity index (χ1v) is 8.31. The molecular formula is C10H20O2Si. The first-order valence-electron chi connectivity index (χ1n) is 4.74. The first-order chi connectivity index (χ1) is 5.85. The molecule has 0 saturated heterocycles. The zero-order chi connectivity index (χ0) is 10.5. The van der Waals surface area contributed by atoms with Crippen LogP contribution in [0.5, 0.6) is 0 Å². The standard InChI is InChI=1S/C10H20O2Si/c1-6-10(11)12-9(2)7-8-13(3,4)5/h7-9H,6H2,1-5H3/b8-7+/t9-/m0/s1. The van der Waals surface area contributed by atoms with Crippen LogP contribution in [0.2, 0.25) is 19.6 Å². The van der Waals surface area contributed by atoms with E-state index < -0.39 is 8.07 Å². The molecule has 0 aliphatic rings. The molecule has 0 aliphatic heterocycles. The number of ether oxygens (including phenoxy) is 1. The van der Waals surface area contributed by atoms with Crippen molar-refractivity contribution < 1.29 is 9.53 Å². The van der Waals surface area contributed by atoms with Crippen molar-refractivity contribution in [2.24, 2.45) is 0 Å². The fourth-order valence-corrected chi connectivity index (χ4v) is 1.60. The number of hydrogen-bond donors (Lipinski definition) is 0. The van der Waals surface area contributed by atoms with E-state index in [-0.39, 0.29) is 12.1 Å². The van der Waals surface area contributed by atoms with Gasteiger partial charge in [-0.2, -0.15) is 0 Å². The highest BCUT2D eigenvalue weighted by atomic mass is 28.3. The van der Waals surface area contributed by atoms with E-state index in [9.17, 15) is 4.79 Å². The second-order valence-electron chi connectivity index (χ2n) is 4.27. The highest BCUT2D eigenvalue weighted by molar-refractivity contribution is 6.80. The first kappa shape index (κ1) is 12.4. The van der Waals surface area contributed by atoms with Crippen molar-refractivity contribution in [1.82, 2.24) is 0 Å². The predicted octanol–water partition coefficient (Wildman–Crippen LogP) is 2.76. The van der Waals surface area contributed by atoms with Crippen molar-refractivity contribution >= 4 is 14.0 Å². The Labute approximate surface area is 82.0 Å². The summed E-state index contributed by atoms with van der Waals surface area (Å²) in [6.07, 6.45) is 2.35. The Morgan fingerprint density at radius 3 is 2.38 bits per heavy atom. The number of rotatable bonds is 4. The molecule has 76 valence electrons. The molecule has 2 nitrogen and oxygen atoms in total. The van der Waals surface area contributed by atoms with Gasteiger partial charge in [0, 0.05) is 6.42 Å². The van der Waals surface area contributed by atoms with Gasteiger partial charge < -0.3 is 4.74 Å². The largest absolute Gasteiger partial charge is 0.458 e. The van der Waals surface area contributed by atoms with Crippen LogP contribution >= 0.6 is 0 Å². The summed E-state index contributed by atoms with van der Waals surface area (Å²) in [6, 6.07) is 0. The summed E-state index contributed by atoms with van der Waals surface area (Å²) in [5, 5.41) is 0. The Kier molecular flexibility index (Phi) is 4.99. The van der Waals surface area contributed by atoms with Crippen LogP contribution in [0, 0.1) is 0 Å². The summed E-state index contributed by atoms with van der Waals surface area (Å²) >= 11 is 0. The van der Waals surface area contributed by atoms with Crippen molar-refractivity contribution in [3.05, 3.63) is 11.8 Å². The summed E-state index contributed by atoms with van der Waals surface area (Å²) in [7, 11) is -1.15. The van der Waals surface area contributed by atoms with E-state index in [0.717, 1.165) is 0 Å². The van der Waals surface area contributed by atoms with Crippen LogP contribution in [0.1, 0.15) is 20.3 Å². The normalized spacial score (nSPS) is 14.5. The smallest absolute Gasteiger partial charge is 0.306 e. The van der Waals surface area contributed by atoms with Crippen LogP contribution in [0.4, 0.5) is 0 Å². The van der Waals surface area contributed by atoms with Gasteiger partial charge in [-0.15, -0.1) is 0 Å². The average molecular weight is 200 g/mol. The van der Waals surface area contributed by atoms with E-state index in [0.29, 0.717) is 6.42 Å². The molecule has 1 atom stereocenters. The van der Waals surface area contributed by atoms with Gasteiger partial charge >= 0.3 is 5.97 Å². The monoisotopic (exact) mass is 200 g/mol. The van der Waals surface area contributed by atoms with E-state index in [4.69, 9.17) is 4.74 Å². The summed E-state index contributed by atoms with van der Waals surface area (Å²) in [6.45, 7) is 10.4. The molecule has 3 heteroatoms. The van der Waals surface area contributed by atoms with Crippen molar-refractivity contribution in [2.75, 3.05) is 0 Å². The van der Waals surface area contributed by atoms with Gasteiger partial charge in [0.15, 0.2) is 0 Å². The summed E-state index contributed by atoms with van der Waals surface area (Å²) < 4.78 is 5.09. The van der Waals surface area contributed by atoms with E-state index in [1.165, 1.54) is 0 Å². The molecule has 0 bridgehead atoms. The van der Waals surface area contributed by atoms with Crippen LogP contribution < -0.4 is 0 Å². The quantitative estimate of drug-likeness (QED) is 0.515. The van der Waals surface area contributed by atoms with Gasteiger partial charge in [-0.3, -0.25) is 4.79 Å². The molecule has 0 saturated carbocycles. The Bertz CT molecular complexity index is 192. The van der Waals surface area contributed by atoms with Crippen molar-refractivity contribution in [3.8, 4) is 0 Å². The van der Waals surface area contributed by atoms with Crippen LogP contribution in [-0.4, -0.2) is 20.1 Å². The lowest BCUT2D eigenvalue weighted by Gasteiger charge is -2.12. The molecule has 0 rings (SSSR count). The molecule has 0 spiro atoms. The number of esters is 1. The van der Waals surface area contributed by atoms with Crippen LogP contribution in [0.15, 0.2) is 11.8 Å². The third kappa shape index (κ3) is 7.78. The van der Waals surface area contributed by atoms with Gasteiger partial charge in [-0.25, -0.2) is 0 Å². The fourth-order valence-electron chi connectivity index (χ4n) is 0.754. The van der Waals surface area contributed by atoms with E-state index in [1.807, 2.05) is 13.0 Å². The van der Waals surface area contributed by atoms with Crippen LogP contribution in [0.25, 0.3) is 0 Å². The number of hydrogen-bond acceptors (Lipinski definition) is 2. The Hall–Kier alpha value is -0.573. The zero-order valence-corrected chi connectivity index (χ0v) is 10.3. The highest BCUT2D eigenvalue weighted by Crippen LogP contribution is 2.04. The Morgan fingerprint density at radius 2 is 2.00 bits per heavy atom. The molecule has 0 N–H and O–H groups in total. The van der Waals surface area contributed by atoms with Crippen LogP contribution in [0.3, 0.4) is 0 Å². The molecule has 0 heterocycles. The Morgan fingerprint density at radius 1 is 1.46 bits per heavy atom. The summed E-state index contributed by atoms with van der Waals surface area (Å²) in [4.78, 5) is 10.9. The molecule has 0 aliphatic carbocycles. The second-order valence-corrected chi connectivity index (χ2v) is 9.34. The number of carbonyl (C=O) groups is 1. The molecule has 0 aromatic rings. The summed E-state index contributed by atoms with van der Waals surface area (Å²) in [5.74, 6) is -0.132. The lowest BCUT2D eigenvalue weighted by atomic mass is 10.4. The minimum absolute atomic E-state index is 0.0841. The lowest BCUT2D eigenvalue weighted by molar-refractivity contribution is -0.145. The molecule has 13 heavy (non-hydrogen) atoms. The lowest BCUT2D eigenvalue weighted by Crippen LogP contribution is -2.18. The fraction of sp³-hybridized carbons (Fsp3) is 0.700. The van der Waals surface area contributed by atoms with E-state index in [1.54, 1.807) is 6.92 Å². The minimum atomic E-state index is -1.15. The molecule has 0 aromatic carbocycles. The Balaban J connectivity index is 3.94. The van der Waals surface area contributed by atoms with Crippen molar-refractivity contribution in [3.63, 3.8) is 0 Å². The summed E-state index contributed by atoms with van der Waals surface area (Å²) in [5.41, 5.74) is 2.20. The maximum atomic E-state index is 10.9. The van der Waals surface area contributed by atoms with E-state index in [2.05, 4.69) is 25.3 Å². The number of carbonyl (C=O) groups excluding carboxylic acids is 1. The van der Waals surface area contributed by atoms with Gasteiger partial charge in [-0.05, 0) is 6.92 Å². The van der Waals surface area contributed by atoms with Gasteiger partial charge in [0.05, 0.1) is 8.07 Å². The third-order valence-electron chi connectivity index (χ3n) is 1.47. The molecular weight excluding hydrogens is 180 g/mol. The second kappa shape index (κ2) is 5.22. The highest BCUT2D eigenvalue weighted by Gasteiger charge is 2.09. The van der Waals surface area contributed by atoms with E-state index >= 15 is 0 Å². The topological polar surface area (TPSA) is 26.3 Å². The molecule has 0 fully saturated rings. The molecule has 0 radical (unpaired) electrons. The predicted molar refractivity (Wildman–Crippen MR) is 58.3 cm³/mol. The minimum Gasteiger partial charge on any atom is -0.458 e. The SMILES string of the molecule is CCC(=O)O[C@@H](C)/C=C/[Si](C)(C)C. The van der Waals surface area contributed by atoms with Crippen molar-refractivity contribution in [2.45, 2.75) is 46.0 Å². The molecule has 0 unspecified atom stereocenters. The van der Waals surface area contributed by atoms with Crippen LogP contribution in [-0.2, 0) is 9.53 Å². The van der Waals surface area contributed by atoms with Gasteiger partial charge in [-0.1, -0.05) is 38.3 Å². The molecule has 0 amide bonds. The maximum Gasteiger partial charge on any atom is 0.306 e.